The lowest BCUT2D eigenvalue weighted by molar-refractivity contribution is -0.148. The molecule has 3 unspecified atom stereocenters. The van der Waals surface area contributed by atoms with Gasteiger partial charge in [0.25, 0.3) is 0 Å². The first-order valence-electron chi connectivity index (χ1n) is 25.4. The number of aliphatic hydroxyl groups excluding tert-OH is 1. The summed E-state index contributed by atoms with van der Waals surface area (Å²) in [6.07, 6.45) is 9.08. The summed E-state index contributed by atoms with van der Waals surface area (Å²) >= 11 is 1.59. The standard InChI is InChI=1S/C56H66N10O5S/c1-34-49(72-33-59-34)39-15-9-35(10-16-39)27-58-53(70)47-21-43(67)32-66(47)54(71)50(55(2,3)4)61-52(69)41-25-56(26-41)23-40(24-56)38-13-11-36(12-14-38)29-64-19-17-37(18-20-64)30-65-31-42(28-60-65)45-22-46(62-63-51(45)57)44-7-5-6-8-48(44)68/h5-16,22,28,31,33,37,40-41,43,47,50,67-68H,17-21,23-27,29-30,32H2,1-4H3,(H2,57,63)(H,58,70)(H,61,69). The number of aryl methyl sites for hydroxylation is 1. The van der Waals surface area contributed by atoms with Crippen LogP contribution in [0.4, 0.5) is 5.82 Å². The molecular formula is C56H66N10O5S. The normalized spacial score (nSPS) is 22.8. The lowest BCUT2D eigenvalue weighted by atomic mass is 9.47. The molecule has 1 spiro atoms. The van der Waals surface area contributed by atoms with Gasteiger partial charge in [-0.2, -0.15) is 5.10 Å². The van der Waals surface area contributed by atoms with Gasteiger partial charge in [0.2, 0.25) is 17.7 Å². The van der Waals surface area contributed by atoms with Gasteiger partial charge in [-0.3, -0.25) is 24.0 Å². The highest BCUT2D eigenvalue weighted by Gasteiger charge is 2.55. The maximum Gasteiger partial charge on any atom is 0.246 e. The molecule has 376 valence electrons. The number of likely N-dealkylation sites (tertiary alicyclic amines) is 2. The van der Waals surface area contributed by atoms with Gasteiger partial charge >= 0.3 is 0 Å². The smallest absolute Gasteiger partial charge is 0.246 e. The second-order valence-corrected chi connectivity index (χ2v) is 22.9. The fourth-order valence-electron chi connectivity index (χ4n) is 11.6. The minimum atomic E-state index is -0.842. The third-order valence-corrected chi connectivity index (χ3v) is 16.7. The van der Waals surface area contributed by atoms with Gasteiger partial charge in [-0.25, -0.2) is 4.98 Å². The number of aliphatic hydroxyl groups is 1. The van der Waals surface area contributed by atoms with Crippen LogP contribution in [0, 0.1) is 29.6 Å². The van der Waals surface area contributed by atoms with Crippen LogP contribution in [0.5, 0.6) is 5.75 Å². The van der Waals surface area contributed by atoms with E-state index in [1.807, 2.05) is 86.7 Å². The van der Waals surface area contributed by atoms with Crippen molar-refractivity contribution in [1.82, 2.24) is 45.4 Å². The number of aromatic nitrogens is 5. The Kier molecular flexibility index (Phi) is 13.8. The molecule has 3 amide bonds. The molecule has 3 aromatic carbocycles. The number of thiazole rings is 1. The number of amides is 3. The number of aromatic hydroxyl groups is 1. The van der Waals surface area contributed by atoms with Crippen molar-refractivity contribution >= 4 is 34.9 Å². The van der Waals surface area contributed by atoms with E-state index in [0.29, 0.717) is 35.5 Å². The third kappa shape index (κ3) is 10.5. The largest absolute Gasteiger partial charge is 0.507 e. The number of carbonyl (C=O) groups is 3. The predicted octanol–water partition coefficient (Wildman–Crippen LogP) is 7.72. The van der Waals surface area contributed by atoms with Crippen molar-refractivity contribution in [3.05, 3.63) is 119 Å². The van der Waals surface area contributed by atoms with Crippen LogP contribution >= 0.6 is 11.3 Å². The van der Waals surface area contributed by atoms with E-state index in [9.17, 15) is 24.6 Å². The Morgan fingerprint density at radius 3 is 2.32 bits per heavy atom. The number of benzene rings is 3. The summed E-state index contributed by atoms with van der Waals surface area (Å²) in [5, 5.41) is 40.2. The van der Waals surface area contributed by atoms with Crippen LogP contribution < -0.4 is 16.4 Å². The quantitative estimate of drug-likeness (QED) is 0.0715. The SMILES string of the molecule is Cc1ncsc1-c1ccc(CNC(=O)C2CC(O)CN2C(=O)C(NC(=O)C2CC3(C2)CC(c2ccc(CN4CCC(Cn5cc(-c6cc(-c7ccccc7O)nnc6N)cn5)CC4)cc2)C3)C(C)(C)C)cc1. The van der Waals surface area contributed by atoms with Crippen LogP contribution in [0.3, 0.4) is 0 Å². The number of phenolic OH excluding ortho intramolecular Hbond substituents is 1. The highest BCUT2D eigenvalue weighted by Crippen LogP contribution is 2.64. The molecule has 0 bridgehead atoms. The molecule has 6 aromatic rings. The first-order chi connectivity index (χ1) is 34.6. The second kappa shape index (κ2) is 20.2. The average Bonchev–Trinajstić information content (AvgIpc) is 4.10. The summed E-state index contributed by atoms with van der Waals surface area (Å²) in [5.41, 5.74) is 16.0. The van der Waals surface area contributed by atoms with E-state index < -0.39 is 23.6 Å². The van der Waals surface area contributed by atoms with Crippen molar-refractivity contribution in [2.75, 3.05) is 25.4 Å². The summed E-state index contributed by atoms with van der Waals surface area (Å²) in [4.78, 5) is 51.1. The molecule has 4 aliphatic rings. The Bertz CT molecular complexity index is 2910. The van der Waals surface area contributed by atoms with Gasteiger partial charge < -0.3 is 31.5 Å². The predicted molar refractivity (Wildman–Crippen MR) is 278 cm³/mol. The number of piperidine rings is 1. The number of hydrogen-bond acceptors (Lipinski definition) is 12. The summed E-state index contributed by atoms with van der Waals surface area (Å²) in [6.45, 7) is 11.9. The monoisotopic (exact) mass is 990 g/mol. The fraction of sp³-hybridized carbons (Fsp3) is 0.446. The van der Waals surface area contributed by atoms with Gasteiger partial charge in [-0.1, -0.05) is 81.4 Å². The highest BCUT2D eigenvalue weighted by atomic mass is 32.1. The molecule has 0 radical (unpaired) electrons. The number of nitrogens with zero attached hydrogens (tertiary/aromatic N) is 7. The van der Waals surface area contributed by atoms with Crippen molar-refractivity contribution < 1.29 is 24.6 Å². The number of nitrogens with one attached hydrogen (secondary N) is 2. The molecule has 2 saturated carbocycles. The van der Waals surface area contributed by atoms with Crippen molar-refractivity contribution in [1.29, 1.82) is 0 Å². The maximum atomic E-state index is 14.3. The lowest BCUT2D eigenvalue weighted by Crippen LogP contribution is -2.60. The zero-order valence-corrected chi connectivity index (χ0v) is 42.4. The molecule has 2 saturated heterocycles. The van der Waals surface area contributed by atoms with E-state index in [1.165, 1.54) is 16.0 Å². The molecule has 2 aliphatic heterocycles. The van der Waals surface area contributed by atoms with Crippen LogP contribution in [-0.4, -0.2) is 101 Å². The topological polar surface area (TPSA) is 205 Å². The van der Waals surface area contributed by atoms with Crippen molar-refractivity contribution in [3.8, 4) is 38.6 Å². The zero-order chi connectivity index (χ0) is 50.3. The molecule has 72 heavy (non-hydrogen) atoms. The van der Waals surface area contributed by atoms with Crippen molar-refractivity contribution in [2.24, 2.45) is 22.7 Å². The summed E-state index contributed by atoms with van der Waals surface area (Å²) in [5.74, 6) is 0.540. The molecule has 3 aromatic heterocycles. The number of para-hydroxylation sites is 1. The molecule has 16 heteroatoms. The van der Waals surface area contributed by atoms with E-state index in [1.54, 1.807) is 29.5 Å². The van der Waals surface area contributed by atoms with E-state index in [0.717, 1.165) is 97.5 Å². The Hall–Kier alpha value is -6.49. The Morgan fingerprint density at radius 1 is 0.903 bits per heavy atom. The van der Waals surface area contributed by atoms with Gasteiger partial charge in [0.1, 0.15) is 17.8 Å². The van der Waals surface area contributed by atoms with Crippen LogP contribution in [0.25, 0.3) is 32.8 Å². The van der Waals surface area contributed by atoms with Gasteiger partial charge in [0, 0.05) is 61.4 Å². The minimum absolute atomic E-state index is 0.0428. The van der Waals surface area contributed by atoms with Crippen LogP contribution in [0.15, 0.2) is 96.8 Å². The second-order valence-electron chi connectivity index (χ2n) is 22.1. The number of carbonyl (C=O) groups excluding carboxylic acids is 3. The van der Waals surface area contributed by atoms with Gasteiger partial charge in [0.15, 0.2) is 5.82 Å². The molecule has 2 aliphatic carbocycles. The summed E-state index contributed by atoms with van der Waals surface area (Å²) in [7, 11) is 0. The third-order valence-electron chi connectivity index (χ3n) is 15.7. The number of phenols is 1. The molecule has 4 fully saturated rings. The van der Waals surface area contributed by atoms with Gasteiger partial charge in [-0.15, -0.1) is 21.5 Å². The first-order valence-corrected chi connectivity index (χ1v) is 26.3. The molecule has 15 nitrogen and oxygen atoms in total. The van der Waals surface area contributed by atoms with Crippen molar-refractivity contribution in [2.45, 2.75) is 116 Å². The number of nitrogens with two attached hydrogens (primary N) is 1. The summed E-state index contributed by atoms with van der Waals surface area (Å²) < 4.78 is 2.00. The van der Waals surface area contributed by atoms with E-state index in [2.05, 4.69) is 60.1 Å². The number of nitrogen functional groups attached to an aromatic ring is 1. The number of anilines is 1. The number of β-amino-alcohol motifs (C(OH)–C–C–N with tert-alkyl or cyclic N) is 1. The molecule has 5 heterocycles. The van der Waals surface area contributed by atoms with E-state index in [4.69, 9.17) is 5.73 Å². The lowest BCUT2D eigenvalue weighted by Gasteiger charge is -2.57. The van der Waals surface area contributed by atoms with E-state index >= 15 is 0 Å². The maximum absolute atomic E-state index is 14.3. The highest BCUT2D eigenvalue weighted by molar-refractivity contribution is 7.13. The van der Waals surface area contributed by atoms with Crippen LogP contribution in [0.1, 0.15) is 94.0 Å². The van der Waals surface area contributed by atoms with Crippen molar-refractivity contribution in [3.63, 3.8) is 0 Å². The fourth-order valence-corrected chi connectivity index (χ4v) is 12.4. The minimum Gasteiger partial charge on any atom is -0.507 e. The number of rotatable bonds is 14. The van der Waals surface area contributed by atoms with Gasteiger partial charge in [-0.05, 0) is 122 Å². The molecule has 10 rings (SSSR count). The Morgan fingerprint density at radius 2 is 1.62 bits per heavy atom. The average molecular weight is 991 g/mol. The molecular weight excluding hydrogens is 925 g/mol. The summed E-state index contributed by atoms with van der Waals surface area (Å²) in [6, 6.07) is 24.4. The van der Waals surface area contributed by atoms with Gasteiger partial charge in [0.05, 0.1) is 34.1 Å². The van der Waals surface area contributed by atoms with Crippen LogP contribution in [0.2, 0.25) is 0 Å². The Balaban J connectivity index is 0.659. The molecule has 6 N–H and O–H groups in total. The zero-order valence-electron chi connectivity index (χ0n) is 41.6. The Labute approximate surface area is 425 Å². The molecule has 3 atom stereocenters. The van der Waals surface area contributed by atoms with Crippen LogP contribution in [-0.2, 0) is 34.0 Å². The first kappa shape index (κ1) is 49.1. The van der Waals surface area contributed by atoms with E-state index in [-0.39, 0.29) is 47.8 Å². The number of hydrogen-bond donors (Lipinski definition) is 5.